The fourth-order valence-electron chi connectivity index (χ4n) is 3.18. The zero-order valence-corrected chi connectivity index (χ0v) is 14.1. The van der Waals surface area contributed by atoms with Gasteiger partial charge in [0.15, 0.2) is 0 Å². The molecule has 1 heteroatoms. The Balaban J connectivity index is 3.82. The van der Waals surface area contributed by atoms with Crippen molar-refractivity contribution in [1.29, 1.82) is 0 Å². The van der Waals surface area contributed by atoms with Gasteiger partial charge in [-0.15, -0.1) is 0 Å². The first-order valence-electron chi connectivity index (χ1n) is 7.95. The monoisotopic (exact) mass is 255 g/mol. The van der Waals surface area contributed by atoms with Gasteiger partial charge in [-0.3, -0.25) is 0 Å². The van der Waals surface area contributed by atoms with Gasteiger partial charge in [-0.1, -0.05) is 54.4 Å². The van der Waals surface area contributed by atoms with Gasteiger partial charge in [0.05, 0.1) is 0 Å². The van der Waals surface area contributed by atoms with Crippen molar-refractivity contribution < 1.29 is 0 Å². The molecule has 0 rings (SSSR count). The van der Waals surface area contributed by atoms with Gasteiger partial charge in [0, 0.05) is 6.54 Å². The zero-order valence-electron chi connectivity index (χ0n) is 14.1. The molecule has 0 aliphatic rings. The van der Waals surface area contributed by atoms with Gasteiger partial charge in [-0.05, 0) is 50.1 Å². The minimum absolute atomic E-state index is 0.521. The molecular formula is C17H37N. The topological polar surface area (TPSA) is 3.24 Å². The van der Waals surface area contributed by atoms with E-state index >= 15 is 0 Å². The van der Waals surface area contributed by atoms with E-state index in [0.717, 1.165) is 11.8 Å². The highest BCUT2D eigenvalue weighted by molar-refractivity contribution is 4.72. The molecule has 0 fully saturated rings. The van der Waals surface area contributed by atoms with Crippen LogP contribution < -0.4 is 0 Å². The Kier molecular flexibility index (Phi) is 8.94. The Bertz CT molecular complexity index is 196. The maximum atomic E-state index is 2.48. The minimum Gasteiger partial charge on any atom is -0.306 e. The smallest absolute Gasteiger partial charge is 0.000133 e. The van der Waals surface area contributed by atoms with Crippen LogP contribution in [0.4, 0.5) is 0 Å². The van der Waals surface area contributed by atoms with Gasteiger partial charge in [-0.2, -0.15) is 0 Å². The van der Waals surface area contributed by atoms with Crippen LogP contribution in [0.5, 0.6) is 0 Å². The molecule has 0 aliphatic carbocycles. The quantitative estimate of drug-likeness (QED) is 0.518. The molecular weight excluding hydrogens is 218 g/mol. The average molecular weight is 255 g/mol. The van der Waals surface area contributed by atoms with Crippen molar-refractivity contribution in [2.75, 3.05) is 20.1 Å². The zero-order chi connectivity index (χ0) is 14.2. The third kappa shape index (κ3) is 9.94. The van der Waals surface area contributed by atoms with Gasteiger partial charge >= 0.3 is 0 Å². The number of nitrogens with zero attached hydrogens (tertiary/aromatic N) is 1. The summed E-state index contributed by atoms with van der Waals surface area (Å²) >= 11 is 0. The van der Waals surface area contributed by atoms with Crippen molar-refractivity contribution in [3.63, 3.8) is 0 Å². The summed E-state index contributed by atoms with van der Waals surface area (Å²) in [7, 11) is 2.26. The van der Waals surface area contributed by atoms with E-state index in [1.807, 2.05) is 0 Å². The predicted octanol–water partition coefficient (Wildman–Crippen LogP) is 5.21. The summed E-state index contributed by atoms with van der Waals surface area (Å²) in [4.78, 5) is 2.48. The molecule has 0 bridgehead atoms. The SMILES string of the molecule is CCCC(C)CC(C)(C)CCCN(C)CC(C)C. The lowest BCUT2D eigenvalue weighted by Crippen LogP contribution is -2.26. The van der Waals surface area contributed by atoms with Crippen LogP contribution in [0.3, 0.4) is 0 Å². The molecule has 18 heavy (non-hydrogen) atoms. The van der Waals surface area contributed by atoms with Crippen LogP contribution in [0.25, 0.3) is 0 Å². The van der Waals surface area contributed by atoms with E-state index in [1.54, 1.807) is 0 Å². The second-order valence-electron chi connectivity index (χ2n) is 7.52. The molecule has 0 heterocycles. The molecule has 0 radical (unpaired) electrons. The molecule has 0 aromatic rings. The van der Waals surface area contributed by atoms with Crippen molar-refractivity contribution in [2.45, 2.75) is 73.6 Å². The third-order valence-electron chi connectivity index (χ3n) is 3.75. The van der Waals surface area contributed by atoms with E-state index in [9.17, 15) is 0 Å². The summed E-state index contributed by atoms with van der Waals surface area (Å²) in [6.45, 7) is 16.7. The van der Waals surface area contributed by atoms with Crippen LogP contribution >= 0.6 is 0 Å². The molecule has 0 N–H and O–H groups in total. The molecule has 0 saturated heterocycles. The third-order valence-corrected chi connectivity index (χ3v) is 3.75. The Labute approximate surface area is 116 Å². The van der Waals surface area contributed by atoms with Gasteiger partial charge in [0.25, 0.3) is 0 Å². The summed E-state index contributed by atoms with van der Waals surface area (Å²) in [5.74, 6) is 1.67. The highest BCUT2D eigenvalue weighted by Crippen LogP contribution is 2.32. The van der Waals surface area contributed by atoms with Crippen LogP contribution in [-0.4, -0.2) is 25.0 Å². The fourth-order valence-corrected chi connectivity index (χ4v) is 3.18. The maximum Gasteiger partial charge on any atom is 0.000133 e. The number of hydrogen-bond acceptors (Lipinski definition) is 1. The lowest BCUT2D eigenvalue weighted by Gasteiger charge is -2.29. The van der Waals surface area contributed by atoms with E-state index in [4.69, 9.17) is 0 Å². The standard InChI is InChI=1S/C17H37N/c1-8-10-16(4)13-17(5,6)11-9-12-18(7)14-15(2)3/h15-16H,8-14H2,1-7H3. The Hall–Kier alpha value is -0.0400. The summed E-state index contributed by atoms with van der Waals surface area (Å²) in [5.41, 5.74) is 0.521. The van der Waals surface area contributed by atoms with E-state index in [-0.39, 0.29) is 0 Å². The first-order chi connectivity index (χ1) is 8.26. The van der Waals surface area contributed by atoms with E-state index in [1.165, 1.54) is 45.2 Å². The van der Waals surface area contributed by atoms with Gasteiger partial charge < -0.3 is 4.90 Å². The lowest BCUT2D eigenvalue weighted by atomic mass is 9.78. The van der Waals surface area contributed by atoms with E-state index in [2.05, 4.69) is 53.5 Å². The molecule has 0 aliphatic heterocycles. The van der Waals surface area contributed by atoms with Crippen LogP contribution in [0.1, 0.15) is 73.6 Å². The van der Waals surface area contributed by atoms with Crippen molar-refractivity contribution in [1.82, 2.24) is 4.90 Å². The van der Waals surface area contributed by atoms with Crippen molar-refractivity contribution >= 4 is 0 Å². The van der Waals surface area contributed by atoms with Crippen LogP contribution in [0.2, 0.25) is 0 Å². The average Bonchev–Trinajstić information content (AvgIpc) is 2.14. The van der Waals surface area contributed by atoms with Gasteiger partial charge in [-0.25, -0.2) is 0 Å². The van der Waals surface area contributed by atoms with Crippen LogP contribution in [0, 0.1) is 17.3 Å². The second kappa shape index (κ2) is 8.96. The summed E-state index contributed by atoms with van der Waals surface area (Å²) in [5, 5.41) is 0. The first-order valence-corrected chi connectivity index (χ1v) is 7.95. The largest absolute Gasteiger partial charge is 0.306 e. The highest BCUT2D eigenvalue weighted by atomic mass is 15.1. The maximum absolute atomic E-state index is 2.48. The number of hydrogen-bond donors (Lipinski definition) is 0. The lowest BCUT2D eigenvalue weighted by molar-refractivity contribution is 0.219. The second-order valence-corrected chi connectivity index (χ2v) is 7.52. The molecule has 0 saturated carbocycles. The molecule has 0 aromatic heterocycles. The highest BCUT2D eigenvalue weighted by Gasteiger charge is 2.20. The van der Waals surface area contributed by atoms with Crippen LogP contribution in [0.15, 0.2) is 0 Å². The fraction of sp³-hybridized carbons (Fsp3) is 1.00. The van der Waals surface area contributed by atoms with E-state index in [0.29, 0.717) is 5.41 Å². The molecule has 1 unspecified atom stereocenters. The predicted molar refractivity (Wildman–Crippen MR) is 84.0 cm³/mol. The summed E-state index contributed by atoms with van der Waals surface area (Å²) in [6.07, 6.45) is 6.80. The van der Waals surface area contributed by atoms with Gasteiger partial charge in [0.1, 0.15) is 0 Å². The molecule has 1 nitrogen and oxygen atoms in total. The molecule has 110 valence electrons. The first kappa shape index (κ1) is 18.0. The molecule has 0 aromatic carbocycles. The normalized spacial score (nSPS) is 14.5. The molecule has 0 spiro atoms. The summed E-state index contributed by atoms with van der Waals surface area (Å²) in [6, 6.07) is 0. The Morgan fingerprint density at radius 2 is 1.72 bits per heavy atom. The minimum atomic E-state index is 0.521. The van der Waals surface area contributed by atoms with Crippen molar-refractivity contribution in [3.05, 3.63) is 0 Å². The molecule has 1 atom stereocenters. The van der Waals surface area contributed by atoms with Crippen molar-refractivity contribution in [2.24, 2.45) is 17.3 Å². The van der Waals surface area contributed by atoms with Crippen molar-refractivity contribution in [3.8, 4) is 0 Å². The van der Waals surface area contributed by atoms with Crippen LogP contribution in [-0.2, 0) is 0 Å². The number of rotatable bonds is 10. The Morgan fingerprint density at radius 3 is 2.22 bits per heavy atom. The van der Waals surface area contributed by atoms with Gasteiger partial charge in [0.2, 0.25) is 0 Å². The Morgan fingerprint density at radius 1 is 1.11 bits per heavy atom. The van der Waals surface area contributed by atoms with E-state index < -0.39 is 0 Å². The summed E-state index contributed by atoms with van der Waals surface area (Å²) < 4.78 is 0. The molecule has 0 amide bonds.